The van der Waals surface area contributed by atoms with Crippen LogP contribution in [-0.4, -0.2) is 21.2 Å². The van der Waals surface area contributed by atoms with Crippen molar-refractivity contribution in [2.75, 3.05) is 0 Å². The van der Waals surface area contributed by atoms with Gasteiger partial charge in [0.1, 0.15) is 11.9 Å². The fourth-order valence-electron chi connectivity index (χ4n) is 4.95. The van der Waals surface area contributed by atoms with Crippen LogP contribution in [0.5, 0.6) is 5.75 Å². The van der Waals surface area contributed by atoms with E-state index in [1.54, 1.807) is 24.5 Å². The lowest BCUT2D eigenvalue weighted by Crippen LogP contribution is -2.02. The Kier molecular flexibility index (Phi) is 13.9. The van der Waals surface area contributed by atoms with Gasteiger partial charge >= 0.3 is 0 Å². The van der Waals surface area contributed by atoms with Gasteiger partial charge in [-0.1, -0.05) is 127 Å². The Morgan fingerprint density at radius 2 is 1.11 bits per heavy atom. The molecular weight excluding hydrogens is 471 g/mol. The van der Waals surface area contributed by atoms with Gasteiger partial charge in [-0.25, -0.2) is 14.4 Å². The van der Waals surface area contributed by atoms with Crippen molar-refractivity contribution in [1.29, 1.82) is 0 Å². The van der Waals surface area contributed by atoms with Gasteiger partial charge in [0.2, 0.25) is 0 Å². The Balaban J connectivity index is 1.24. The van der Waals surface area contributed by atoms with E-state index in [4.69, 9.17) is 0 Å². The summed E-state index contributed by atoms with van der Waals surface area (Å²) in [7, 11) is 0. The van der Waals surface area contributed by atoms with E-state index >= 15 is 0 Å². The van der Waals surface area contributed by atoms with Crippen LogP contribution >= 0.6 is 0 Å². The van der Waals surface area contributed by atoms with E-state index in [9.17, 15) is 9.50 Å². The molecule has 4 heteroatoms. The first-order valence-corrected chi connectivity index (χ1v) is 15.0. The molecule has 0 spiro atoms. The molecule has 1 N–H and O–H groups in total. The predicted molar refractivity (Wildman–Crippen MR) is 158 cm³/mol. The number of rotatable bonds is 19. The lowest BCUT2D eigenvalue weighted by molar-refractivity contribution is 0.287. The molecule has 0 amide bonds. The number of benzene rings is 2. The fourth-order valence-corrected chi connectivity index (χ4v) is 4.95. The molecule has 38 heavy (non-hydrogen) atoms. The molecule has 0 saturated heterocycles. The lowest BCUT2D eigenvalue weighted by atomic mass is 10.0. The van der Waals surface area contributed by atoms with Crippen LogP contribution < -0.4 is 0 Å². The summed E-state index contributed by atoms with van der Waals surface area (Å²) in [6, 6.07) is 15.2. The summed E-state index contributed by atoms with van der Waals surface area (Å²) < 4.78 is 14.4. The molecule has 0 saturated carbocycles. The number of hydrogen-bond acceptors (Lipinski definition) is 3. The average Bonchev–Trinajstić information content (AvgIpc) is 2.95. The van der Waals surface area contributed by atoms with Crippen molar-refractivity contribution in [2.45, 2.75) is 116 Å². The number of aromatic hydroxyl groups is 1. The second kappa shape index (κ2) is 17.7. The molecule has 3 nitrogen and oxygen atoms in total. The van der Waals surface area contributed by atoms with Gasteiger partial charge in [0.05, 0.1) is 0 Å². The van der Waals surface area contributed by atoms with Crippen molar-refractivity contribution in [3.63, 3.8) is 0 Å². The highest BCUT2D eigenvalue weighted by molar-refractivity contribution is 5.64. The summed E-state index contributed by atoms with van der Waals surface area (Å²) in [4.78, 5) is 9.01. The minimum Gasteiger partial charge on any atom is -0.508 e. The van der Waals surface area contributed by atoms with E-state index in [-0.39, 0.29) is 5.75 Å². The van der Waals surface area contributed by atoms with E-state index in [0.29, 0.717) is 18.7 Å². The van der Waals surface area contributed by atoms with Gasteiger partial charge in [-0.15, -0.1) is 0 Å². The average molecular weight is 519 g/mol. The van der Waals surface area contributed by atoms with Gasteiger partial charge in [-0.3, -0.25) is 0 Å². The third kappa shape index (κ3) is 11.3. The van der Waals surface area contributed by atoms with Crippen LogP contribution in [0, 0.1) is 0 Å². The SMILES string of the molecule is CCCCCCCCCCCCCCC[C@H](F)CCc1ccc(-c2ncc(-c3ccc(O)cc3)cn2)cc1. The minimum absolute atomic E-state index is 0.241. The first kappa shape index (κ1) is 29.8. The summed E-state index contributed by atoms with van der Waals surface area (Å²) in [5.74, 6) is 0.912. The highest BCUT2D eigenvalue weighted by Crippen LogP contribution is 2.23. The molecule has 2 aromatic carbocycles. The molecule has 0 aliphatic rings. The first-order valence-electron chi connectivity index (χ1n) is 15.0. The fraction of sp³-hybridized carbons (Fsp3) is 0.529. The maximum Gasteiger partial charge on any atom is 0.159 e. The van der Waals surface area contributed by atoms with Crippen LogP contribution in [0.15, 0.2) is 60.9 Å². The number of alkyl halides is 1. The van der Waals surface area contributed by atoms with E-state index in [2.05, 4.69) is 29.0 Å². The summed E-state index contributed by atoms with van der Waals surface area (Å²) in [6.45, 7) is 2.27. The maximum atomic E-state index is 14.4. The zero-order valence-electron chi connectivity index (χ0n) is 23.4. The molecule has 1 heterocycles. The molecule has 0 aliphatic carbocycles. The zero-order chi connectivity index (χ0) is 26.8. The smallest absolute Gasteiger partial charge is 0.159 e. The van der Waals surface area contributed by atoms with Gasteiger partial charge in [0.15, 0.2) is 5.82 Å². The normalized spacial score (nSPS) is 12.1. The first-order chi connectivity index (χ1) is 18.7. The standard InChI is InChI=1S/C34H47FN2O/c1-2-3-4-5-6-7-8-9-10-11-12-13-14-15-32(35)23-18-28-16-19-30(20-17-28)34-36-26-31(27-37-34)29-21-24-33(38)25-22-29/h16-17,19-22,24-27,32,38H,2-15,18,23H2,1H3/t32-/m0/s1. The van der Waals surface area contributed by atoms with Gasteiger partial charge < -0.3 is 5.11 Å². The molecule has 1 aromatic heterocycles. The number of aryl methyl sites for hydroxylation is 1. The number of halogens is 1. The van der Waals surface area contributed by atoms with Crippen molar-refractivity contribution in [1.82, 2.24) is 9.97 Å². The molecule has 0 radical (unpaired) electrons. The van der Waals surface area contributed by atoms with Gasteiger partial charge in [-0.05, 0) is 42.5 Å². The van der Waals surface area contributed by atoms with E-state index in [1.807, 2.05) is 24.3 Å². The largest absolute Gasteiger partial charge is 0.508 e. The summed E-state index contributed by atoms with van der Waals surface area (Å²) in [6.07, 6.45) is 22.1. The molecule has 0 unspecified atom stereocenters. The topological polar surface area (TPSA) is 46.0 Å². The monoisotopic (exact) mass is 518 g/mol. The van der Waals surface area contributed by atoms with Crippen LogP contribution in [0.4, 0.5) is 4.39 Å². The van der Waals surface area contributed by atoms with E-state index in [1.165, 1.54) is 70.6 Å². The molecule has 3 aromatic rings. The van der Waals surface area contributed by atoms with Gasteiger partial charge in [0.25, 0.3) is 0 Å². The number of phenolic OH excluding ortho intramolecular Hbond substituents is 1. The third-order valence-electron chi connectivity index (χ3n) is 7.43. The Labute approximate surface area is 230 Å². The summed E-state index contributed by atoms with van der Waals surface area (Å²) in [5.41, 5.74) is 3.98. The second-order valence-corrected chi connectivity index (χ2v) is 10.7. The molecule has 0 aliphatic heterocycles. The third-order valence-corrected chi connectivity index (χ3v) is 7.43. The molecule has 0 bridgehead atoms. The highest BCUT2D eigenvalue weighted by Gasteiger charge is 2.08. The predicted octanol–water partition coefficient (Wildman–Crippen LogP) is 10.3. The number of hydrogen-bond donors (Lipinski definition) is 1. The number of unbranched alkanes of at least 4 members (excludes halogenated alkanes) is 12. The van der Waals surface area contributed by atoms with Gasteiger partial charge in [0, 0.05) is 23.5 Å². The molecule has 3 rings (SSSR count). The Morgan fingerprint density at radius 1 is 0.605 bits per heavy atom. The van der Waals surface area contributed by atoms with Crippen molar-refractivity contribution >= 4 is 0 Å². The van der Waals surface area contributed by atoms with Crippen molar-refractivity contribution in [2.24, 2.45) is 0 Å². The van der Waals surface area contributed by atoms with E-state index in [0.717, 1.165) is 41.5 Å². The minimum atomic E-state index is -0.710. The summed E-state index contributed by atoms with van der Waals surface area (Å²) in [5, 5.41) is 9.45. The molecule has 1 atom stereocenters. The van der Waals surface area contributed by atoms with Crippen molar-refractivity contribution in [3.8, 4) is 28.3 Å². The lowest BCUT2D eigenvalue weighted by Gasteiger charge is -2.09. The van der Waals surface area contributed by atoms with Crippen LogP contribution in [-0.2, 0) is 6.42 Å². The quantitative estimate of drug-likeness (QED) is 0.161. The Morgan fingerprint density at radius 3 is 1.66 bits per heavy atom. The highest BCUT2D eigenvalue weighted by atomic mass is 19.1. The Bertz CT molecular complexity index is 1000. The van der Waals surface area contributed by atoms with Crippen molar-refractivity contribution < 1.29 is 9.50 Å². The van der Waals surface area contributed by atoms with Crippen LogP contribution in [0.3, 0.4) is 0 Å². The van der Waals surface area contributed by atoms with Crippen molar-refractivity contribution in [3.05, 3.63) is 66.5 Å². The number of nitrogens with zero attached hydrogens (tertiary/aromatic N) is 2. The second-order valence-electron chi connectivity index (χ2n) is 10.7. The molecular formula is C34H47FN2O. The zero-order valence-corrected chi connectivity index (χ0v) is 23.4. The van der Waals surface area contributed by atoms with Crippen LogP contribution in [0.1, 0.15) is 109 Å². The maximum absolute atomic E-state index is 14.4. The van der Waals surface area contributed by atoms with E-state index < -0.39 is 6.17 Å². The number of aromatic nitrogens is 2. The number of phenols is 1. The Hall–Kier alpha value is -2.75. The molecule has 0 fully saturated rings. The summed E-state index contributed by atoms with van der Waals surface area (Å²) >= 11 is 0. The van der Waals surface area contributed by atoms with Crippen LogP contribution in [0.2, 0.25) is 0 Å². The van der Waals surface area contributed by atoms with Crippen LogP contribution in [0.25, 0.3) is 22.5 Å². The molecule has 206 valence electrons. The van der Waals surface area contributed by atoms with Gasteiger partial charge in [-0.2, -0.15) is 0 Å².